The Bertz CT molecular complexity index is 1820. The molecule has 0 unspecified atom stereocenters. The number of carboxylic acid groups (broad SMARTS) is 1. The van der Waals surface area contributed by atoms with E-state index >= 15 is 0 Å². The number of H-pyrrole nitrogens is 1. The monoisotopic (exact) mass is 676 g/mol. The van der Waals surface area contributed by atoms with Crippen LogP contribution in [0.2, 0.25) is 0 Å². The summed E-state index contributed by atoms with van der Waals surface area (Å²) >= 11 is 0. The highest BCUT2D eigenvalue weighted by Gasteiger charge is 2.38. The fraction of sp³-hybridized carbons (Fsp3) is 0.333. The molecule has 0 spiro atoms. The second-order valence-corrected chi connectivity index (χ2v) is 11.9. The molecule has 13 heteroatoms. The van der Waals surface area contributed by atoms with Crippen molar-refractivity contribution < 1.29 is 32.6 Å². The van der Waals surface area contributed by atoms with Crippen molar-refractivity contribution in [2.24, 2.45) is 5.92 Å². The first-order valence-electron chi connectivity index (χ1n) is 16.1. The van der Waals surface area contributed by atoms with E-state index in [1.807, 2.05) is 30.5 Å². The van der Waals surface area contributed by atoms with Crippen molar-refractivity contribution in [3.05, 3.63) is 113 Å². The Morgan fingerprint density at radius 1 is 1.00 bits per heavy atom. The van der Waals surface area contributed by atoms with Gasteiger partial charge in [-0.1, -0.05) is 60.7 Å². The first kappa shape index (κ1) is 35.1. The zero-order chi connectivity index (χ0) is 34.8. The molecular formula is C36H39F3N6O4. The van der Waals surface area contributed by atoms with Crippen LogP contribution >= 0.6 is 0 Å². The summed E-state index contributed by atoms with van der Waals surface area (Å²) in [5, 5.41) is 24.5. The molecule has 1 amide bonds. The van der Waals surface area contributed by atoms with E-state index in [9.17, 15) is 18.0 Å². The summed E-state index contributed by atoms with van der Waals surface area (Å²) in [7, 11) is 1.68. The number of nitrogens with one attached hydrogen (secondary N) is 3. The maximum absolute atomic E-state index is 13.6. The van der Waals surface area contributed by atoms with E-state index in [4.69, 9.17) is 24.8 Å². The Balaban J connectivity index is 0.000000606. The zero-order valence-electron chi connectivity index (χ0n) is 27.0. The molecule has 3 aromatic carbocycles. The highest BCUT2D eigenvalue weighted by Crippen LogP contribution is 2.27. The van der Waals surface area contributed by atoms with Gasteiger partial charge in [-0.15, -0.1) is 10.2 Å². The number of nitrogens with zero attached hydrogens (tertiary/aromatic N) is 3. The fourth-order valence-corrected chi connectivity index (χ4v) is 5.87. The number of piperidine rings is 1. The van der Waals surface area contributed by atoms with Crippen LogP contribution in [0, 0.1) is 5.92 Å². The molecule has 2 aromatic heterocycles. The number of carbonyl (C=O) groups excluding carboxylic acids is 1. The molecule has 0 radical (unpaired) electrons. The number of halogens is 3. The van der Waals surface area contributed by atoms with Gasteiger partial charge < -0.3 is 30.0 Å². The summed E-state index contributed by atoms with van der Waals surface area (Å²) in [5.74, 6) is -0.250. The molecular weight excluding hydrogens is 637 g/mol. The van der Waals surface area contributed by atoms with Gasteiger partial charge in [0, 0.05) is 36.5 Å². The molecule has 2 atom stereocenters. The van der Waals surface area contributed by atoms with Gasteiger partial charge in [0.1, 0.15) is 11.6 Å². The quantitative estimate of drug-likeness (QED) is 0.142. The molecule has 3 heterocycles. The van der Waals surface area contributed by atoms with E-state index in [0.29, 0.717) is 19.5 Å². The van der Waals surface area contributed by atoms with Crippen molar-refractivity contribution in [1.29, 1.82) is 0 Å². The van der Waals surface area contributed by atoms with Crippen LogP contribution in [0.25, 0.3) is 10.9 Å². The predicted octanol–water partition coefficient (Wildman–Crippen LogP) is 5.63. The molecule has 0 bridgehead atoms. The average molecular weight is 677 g/mol. The topological polar surface area (TPSA) is 134 Å². The highest BCUT2D eigenvalue weighted by atomic mass is 19.4. The lowest BCUT2D eigenvalue weighted by Gasteiger charge is -2.26. The Hall–Kier alpha value is -5.17. The number of amides is 1. The minimum atomic E-state index is -5.08. The summed E-state index contributed by atoms with van der Waals surface area (Å²) in [5.41, 5.74) is 4.60. The van der Waals surface area contributed by atoms with Crippen LogP contribution in [-0.2, 0) is 35.4 Å². The number of ether oxygens (including phenoxy) is 1. The van der Waals surface area contributed by atoms with Gasteiger partial charge in [0.2, 0.25) is 5.91 Å². The summed E-state index contributed by atoms with van der Waals surface area (Å²) < 4.78 is 39.3. The van der Waals surface area contributed by atoms with Gasteiger partial charge in [-0.05, 0) is 60.7 Å². The molecule has 1 saturated heterocycles. The number of hydrogen-bond acceptors (Lipinski definition) is 6. The smallest absolute Gasteiger partial charge is 0.490 e. The molecule has 1 aliphatic heterocycles. The van der Waals surface area contributed by atoms with Gasteiger partial charge in [0.25, 0.3) is 0 Å². The average Bonchev–Trinajstić information content (AvgIpc) is 3.71. The number of hydrogen-bond donors (Lipinski definition) is 4. The number of methoxy groups -OCH3 is 1. The van der Waals surface area contributed by atoms with Crippen molar-refractivity contribution in [3.63, 3.8) is 0 Å². The number of alkyl halides is 3. The van der Waals surface area contributed by atoms with Gasteiger partial charge in [-0.25, -0.2) is 4.79 Å². The molecule has 49 heavy (non-hydrogen) atoms. The lowest BCUT2D eigenvalue weighted by atomic mass is 9.97. The Morgan fingerprint density at radius 2 is 1.71 bits per heavy atom. The van der Waals surface area contributed by atoms with E-state index in [1.165, 1.54) is 5.56 Å². The van der Waals surface area contributed by atoms with Crippen LogP contribution in [0.15, 0.2) is 85.1 Å². The molecule has 10 nitrogen and oxygen atoms in total. The van der Waals surface area contributed by atoms with Crippen molar-refractivity contribution in [2.45, 2.75) is 50.9 Å². The number of aromatic nitrogens is 4. The molecule has 5 aromatic rings. The third kappa shape index (κ3) is 9.47. The predicted molar refractivity (Wildman–Crippen MR) is 178 cm³/mol. The number of carbonyl (C=O) groups is 2. The number of para-hydroxylation sites is 1. The van der Waals surface area contributed by atoms with Crippen LogP contribution < -0.4 is 15.4 Å². The zero-order valence-corrected chi connectivity index (χ0v) is 27.0. The van der Waals surface area contributed by atoms with E-state index in [-0.39, 0.29) is 17.9 Å². The van der Waals surface area contributed by atoms with Gasteiger partial charge in [-0.3, -0.25) is 4.79 Å². The van der Waals surface area contributed by atoms with Crippen LogP contribution in [0.5, 0.6) is 5.75 Å². The summed E-state index contributed by atoms with van der Waals surface area (Å²) in [4.78, 5) is 25.9. The number of rotatable bonds is 11. The lowest BCUT2D eigenvalue weighted by molar-refractivity contribution is -0.192. The third-order valence-corrected chi connectivity index (χ3v) is 8.47. The van der Waals surface area contributed by atoms with E-state index < -0.39 is 12.1 Å². The number of aryl methyl sites for hydroxylation is 2. The van der Waals surface area contributed by atoms with Gasteiger partial charge >= 0.3 is 12.1 Å². The van der Waals surface area contributed by atoms with Crippen molar-refractivity contribution in [1.82, 2.24) is 30.4 Å². The van der Waals surface area contributed by atoms with E-state index in [2.05, 4.69) is 74.8 Å². The van der Waals surface area contributed by atoms with E-state index in [1.54, 1.807) is 7.11 Å². The molecule has 6 rings (SSSR count). The third-order valence-electron chi connectivity index (χ3n) is 8.47. The van der Waals surface area contributed by atoms with Crippen LogP contribution in [-0.4, -0.2) is 63.1 Å². The molecule has 4 N–H and O–H groups in total. The first-order valence-corrected chi connectivity index (χ1v) is 16.1. The number of fused-ring (bicyclic) bond motifs is 1. The minimum Gasteiger partial charge on any atom is -0.497 e. The van der Waals surface area contributed by atoms with Crippen LogP contribution in [0.4, 0.5) is 13.2 Å². The number of carboxylic acids is 1. The Morgan fingerprint density at radius 3 is 2.39 bits per heavy atom. The number of benzene rings is 3. The normalized spacial score (nSPS) is 15.2. The summed E-state index contributed by atoms with van der Waals surface area (Å²) in [6, 6.07) is 26.5. The van der Waals surface area contributed by atoms with Gasteiger partial charge in [0.15, 0.2) is 5.82 Å². The fourth-order valence-electron chi connectivity index (χ4n) is 5.87. The minimum absolute atomic E-state index is 0.0558. The SMILES string of the molecule is COc1ccc(Cn2c(CCc3ccccc3)nnc2[C@@H](Cc2c[nH]c3ccccc23)NC(=O)[C@@H]2CCCNC2)cc1.O=C(O)C(F)(F)F. The lowest BCUT2D eigenvalue weighted by Crippen LogP contribution is -2.42. The van der Waals surface area contributed by atoms with Crippen molar-refractivity contribution in [3.8, 4) is 5.75 Å². The maximum atomic E-state index is 13.6. The molecule has 0 aliphatic carbocycles. The maximum Gasteiger partial charge on any atom is 0.490 e. The van der Waals surface area contributed by atoms with Crippen LogP contribution in [0.1, 0.15) is 47.2 Å². The standard InChI is InChI=1S/C34H38N6O2.C2HF3O2/c1-42-28-16-13-25(14-17-28)23-40-32(18-15-24-8-3-2-4-9-24)38-39-33(40)31(37-34(41)26-10-7-19-35-21-26)20-27-22-36-30-12-6-5-11-29(27)30;3-2(4,5)1(6)7/h2-6,8-9,11-14,16-17,22,26,31,35-36H,7,10,15,18-21,23H2,1H3,(H,37,41);(H,6,7)/t26-,31-;/m1./s1. The molecule has 1 aliphatic rings. The second-order valence-electron chi connectivity index (χ2n) is 11.9. The largest absolute Gasteiger partial charge is 0.497 e. The van der Waals surface area contributed by atoms with Crippen LogP contribution in [0.3, 0.4) is 0 Å². The Labute approximate surface area is 281 Å². The van der Waals surface area contributed by atoms with Gasteiger partial charge in [-0.2, -0.15) is 13.2 Å². The Kier molecular flexibility index (Phi) is 11.7. The summed E-state index contributed by atoms with van der Waals surface area (Å²) in [6.07, 6.45) is 1.06. The second kappa shape index (κ2) is 16.3. The highest BCUT2D eigenvalue weighted by molar-refractivity contribution is 5.83. The van der Waals surface area contributed by atoms with Crippen molar-refractivity contribution in [2.75, 3.05) is 20.2 Å². The summed E-state index contributed by atoms with van der Waals surface area (Å²) in [6.45, 7) is 2.26. The van der Waals surface area contributed by atoms with Gasteiger partial charge in [0.05, 0.1) is 25.6 Å². The van der Waals surface area contributed by atoms with Crippen molar-refractivity contribution >= 4 is 22.8 Å². The molecule has 0 saturated carbocycles. The number of aromatic amines is 1. The molecule has 258 valence electrons. The first-order chi connectivity index (χ1) is 23.6. The van der Waals surface area contributed by atoms with E-state index in [0.717, 1.165) is 71.7 Å². The number of aliphatic carboxylic acids is 1. The molecule has 1 fully saturated rings.